The number of nitrogens with zero attached hydrogens (tertiary/aromatic N) is 1. The van der Waals surface area contributed by atoms with Gasteiger partial charge in [0.25, 0.3) is 0 Å². The summed E-state index contributed by atoms with van der Waals surface area (Å²) in [6.45, 7) is 5.43. The zero-order chi connectivity index (χ0) is 11.4. The van der Waals surface area contributed by atoms with E-state index in [0.29, 0.717) is 5.92 Å². The molecule has 0 saturated carbocycles. The largest absolute Gasteiger partial charge is 0.385 e. The third kappa shape index (κ3) is 2.66. The Bertz CT molecular complexity index is 430. The Morgan fingerprint density at radius 2 is 1.88 bits per heavy atom. The van der Waals surface area contributed by atoms with Crippen LogP contribution in [0.2, 0.25) is 0 Å². The van der Waals surface area contributed by atoms with E-state index in [1.54, 1.807) is 0 Å². The van der Waals surface area contributed by atoms with E-state index in [9.17, 15) is 0 Å². The van der Waals surface area contributed by atoms with Crippen molar-refractivity contribution in [1.82, 2.24) is 4.57 Å². The summed E-state index contributed by atoms with van der Waals surface area (Å²) in [6, 6.07) is 12.5. The van der Waals surface area contributed by atoms with Crippen LogP contribution in [-0.4, -0.2) is 11.1 Å². The van der Waals surface area contributed by atoms with Gasteiger partial charge in [-0.1, -0.05) is 19.9 Å². The highest BCUT2D eigenvalue weighted by Gasteiger charge is 1.98. The molecule has 1 heterocycles. The minimum absolute atomic E-state index is 0.662. The molecule has 2 nitrogen and oxygen atoms in total. The van der Waals surface area contributed by atoms with Crippen LogP contribution >= 0.6 is 0 Å². The Balaban J connectivity index is 2.14. The van der Waals surface area contributed by atoms with Crippen molar-refractivity contribution in [2.75, 3.05) is 11.9 Å². The molecule has 0 aliphatic carbocycles. The van der Waals surface area contributed by atoms with Crippen LogP contribution < -0.4 is 5.32 Å². The second-order valence-electron chi connectivity index (χ2n) is 4.42. The number of rotatable bonds is 4. The molecule has 2 heteroatoms. The van der Waals surface area contributed by atoms with Gasteiger partial charge in [-0.25, -0.2) is 0 Å². The zero-order valence-corrected chi connectivity index (χ0v) is 9.85. The fraction of sp³-hybridized carbons (Fsp3) is 0.286. The first kappa shape index (κ1) is 10.8. The van der Waals surface area contributed by atoms with Gasteiger partial charge in [-0.2, -0.15) is 0 Å². The van der Waals surface area contributed by atoms with Crippen molar-refractivity contribution in [1.29, 1.82) is 0 Å². The van der Waals surface area contributed by atoms with Crippen LogP contribution in [0.5, 0.6) is 0 Å². The predicted molar refractivity (Wildman–Crippen MR) is 69.1 cm³/mol. The van der Waals surface area contributed by atoms with Crippen LogP contribution in [0.15, 0.2) is 48.8 Å². The van der Waals surface area contributed by atoms with Crippen molar-refractivity contribution < 1.29 is 0 Å². The lowest BCUT2D eigenvalue weighted by molar-refractivity contribution is 0.689. The average Bonchev–Trinajstić information content (AvgIpc) is 2.80. The summed E-state index contributed by atoms with van der Waals surface area (Å²) in [5.41, 5.74) is 2.37. The molecule has 16 heavy (non-hydrogen) atoms. The van der Waals surface area contributed by atoms with Gasteiger partial charge in [-0.3, -0.25) is 0 Å². The van der Waals surface area contributed by atoms with Gasteiger partial charge < -0.3 is 9.88 Å². The normalized spacial score (nSPS) is 10.7. The molecule has 0 unspecified atom stereocenters. The molecule has 0 aliphatic heterocycles. The fourth-order valence-corrected chi connectivity index (χ4v) is 1.61. The lowest BCUT2D eigenvalue weighted by atomic mass is 10.2. The maximum atomic E-state index is 3.43. The van der Waals surface area contributed by atoms with Gasteiger partial charge in [0.1, 0.15) is 0 Å². The minimum Gasteiger partial charge on any atom is -0.385 e. The molecule has 0 amide bonds. The van der Waals surface area contributed by atoms with Crippen LogP contribution in [-0.2, 0) is 0 Å². The van der Waals surface area contributed by atoms with Crippen LogP contribution in [0.25, 0.3) is 5.69 Å². The molecular formula is C14H18N2. The van der Waals surface area contributed by atoms with Gasteiger partial charge >= 0.3 is 0 Å². The van der Waals surface area contributed by atoms with E-state index in [0.717, 1.165) is 6.54 Å². The van der Waals surface area contributed by atoms with Crippen LogP contribution in [0.3, 0.4) is 0 Å². The van der Waals surface area contributed by atoms with Crippen molar-refractivity contribution in [3.05, 3.63) is 48.8 Å². The summed E-state index contributed by atoms with van der Waals surface area (Å²) in [5.74, 6) is 0.662. The summed E-state index contributed by atoms with van der Waals surface area (Å²) in [7, 11) is 0. The molecule has 2 rings (SSSR count). The smallest absolute Gasteiger partial charge is 0.0469 e. The molecule has 2 aromatic rings. The van der Waals surface area contributed by atoms with Gasteiger partial charge in [0, 0.05) is 30.3 Å². The third-order valence-electron chi connectivity index (χ3n) is 2.46. The Morgan fingerprint density at radius 3 is 2.56 bits per heavy atom. The summed E-state index contributed by atoms with van der Waals surface area (Å²) in [6.07, 6.45) is 4.11. The van der Waals surface area contributed by atoms with Gasteiger partial charge in [-0.15, -0.1) is 0 Å². The van der Waals surface area contributed by atoms with E-state index in [1.165, 1.54) is 11.4 Å². The number of hydrogen-bond donors (Lipinski definition) is 1. The van der Waals surface area contributed by atoms with Gasteiger partial charge in [0.15, 0.2) is 0 Å². The van der Waals surface area contributed by atoms with Gasteiger partial charge in [-0.05, 0) is 36.2 Å². The molecule has 1 N–H and O–H groups in total. The van der Waals surface area contributed by atoms with Gasteiger partial charge in [0.05, 0.1) is 0 Å². The molecule has 0 saturated heterocycles. The lowest BCUT2D eigenvalue weighted by Crippen LogP contribution is -2.08. The Hall–Kier alpha value is -1.70. The highest BCUT2D eigenvalue weighted by atomic mass is 14.9. The van der Waals surface area contributed by atoms with Gasteiger partial charge in [0.2, 0.25) is 0 Å². The standard InChI is InChI=1S/C14H18N2/c1-12(2)11-15-13-6-5-7-14(10-13)16-8-3-4-9-16/h3-10,12,15H,11H2,1-2H3. The lowest BCUT2D eigenvalue weighted by Gasteiger charge is -2.10. The van der Waals surface area contributed by atoms with Crippen molar-refractivity contribution in [3.8, 4) is 5.69 Å². The van der Waals surface area contributed by atoms with Crippen molar-refractivity contribution in [3.63, 3.8) is 0 Å². The Labute approximate surface area is 96.9 Å². The SMILES string of the molecule is CC(C)CNc1cccc(-n2cccc2)c1. The van der Waals surface area contributed by atoms with Crippen molar-refractivity contribution in [2.45, 2.75) is 13.8 Å². The predicted octanol–water partition coefficient (Wildman–Crippen LogP) is 3.55. The average molecular weight is 214 g/mol. The second-order valence-corrected chi connectivity index (χ2v) is 4.42. The van der Waals surface area contributed by atoms with E-state index in [2.05, 4.69) is 60.4 Å². The summed E-state index contributed by atoms with van der Waals surface area (Å²) < 4.78 is 2.11. The molecule has 0 atom stereocenters. The molecule has 0 fully saturated rings. The number of hydrogen-bond acceptors (Lipinski definition) is 1. The van der Waals surface area contributed by atoms with Crippen LogP contribution in [0.1, 0.15) is 13.8 Å². The topological polar surface area (TPSA) is 17.0 Å². The number of anilines is 1. The monoisotopic (exact) mass is 214 g/mol. The highest BCUT2D eigenvalue weighted by molar-refractivity contribution is 5.51. The minimum atomic E-state index is 0.662. The number of benzene rings is 1. The number of nitrogens with one attached hydrogen (secondary N) is 1. The molecule has 84 valence electrons. The van der Waals surface area contributed by atoms with E-state index in [1.807, 2.05) is 12.1 Å². The fourth-order valence-electron chi connectivity index (χ4n) is 1.61. The Morgan fingerprint density at radius 1 is 1.12 bits per heavy atom. The second kappa shape index (κ2) is 4.88. The molecular weight excluding hydrogens is 196 g/mol. The first-order valence-electron chi connectivity index (χ1n) is 5.73. The van der Waals surface area contributed by atoms with E-state index >= 15 is 0 Å². The maximum Gasteiger partial charge on any atom is 0.0469 e. The Kier molecular flexibility index (Phi) is 3.30. The third-order valence-corrected chi connectivity index (χ3v) is 2.46. The molecule has 1 aromatic heterocycles. The molecule has 0 aliphatic rings. The maximum absolute atomic E-state index is 3.43. The summed E-state index contributed by atoms with van der Waals surface area (Å²) >= 11 is 0. The molecule has 1 aromatic carbocycles. The van der Waals surface area contributed by atoms with E-state index < -0.39 is 0 Å². The summed E-state index contributed by atoms with van der Waals surface area (Å²) in [5, 5.41) is 3.43. The van der Waals surface area contributed by atoms with Crippen molar-refractivity contribution >= 4 is 5.69 Å². The molecule has 0 spiro atoms. The summed E-state index contributed by atoms with van der Waals surface area (Å²) in [4.78, 5) is 0. The van der Waals surface area contributed by atoms with E-state index in [-0.39, 0.29) is 0 Å². The van der Waals surface area contributed by atoms with Crippen LogP contribution in [0.4, 0.5) is 5.69 Å². The highest BCUT2D eigenvalue weighted by Crippen LogP contribution is 2.15. The quantitative estimate of drug-likeness (QED) is 0.823. The number of aromatic nitrogens is 1. The van der Waals surface area contributed by atoms with E-state index in [4.69, 9.17) is 0 Å². The molecule has 0 bridgehead atoms. The first-order chi connectivity index (χ1) is 7.75. The molecule has 0 radical (unpaired) electrons. The first-order valence-corrected chi connectivity index (χ1v) is 5.73. The zero-order valence-electron chi connectivity index (χ0n) is 9.85. The van der Waals surface area contributed by atoms with Crippen LogP contribution in [0, 0.1) is 5.92 Å². The van der Waals surface area contributed by atoms with Crippen molar-refractivity contribution in [2.24, 2.45) is 5.92 Å².